The van der Waals surface area contributed by atoms with Gasteiger partial charge in [0.15, 0.2) is 0 Å². The molecule has 0 fully saturated rings. The van der Waals surface area contributed by atoms with E-state index in [-0.39, 0.29) is 18.0 Å². The number of rotatable bonds is 3. The molecule has 1 aromatic rings. The van der Waals surface area contributed by atoms with Crippen LogP contribution in [0.15, 0.2) is 24.3 Å². The van der Waals surface area contributed by atoms with Gasteiger partial charge in [-0.3, -0.25) is 10.1 Å². The Hall–Kier alpha value is -2.84. The molecular weight excluding hydrogens is 256 g/mol. The zero-order valence-electron chi connectivity index (χ0n) is 10.0. The number of nitrogens with two attached hydrogens (primary N) is 1. The van der Waals surface area contributed by atoms with Gasteiger partial charge < -0.3 is 10.5 Å². The van der Waals surface area contributed by atoms with Crippen LogP contribution >= 0.6 is 0 Å². The maximum absolute atomic E-state index is 11.6. The molecule has 0 saturated heterocycles. The van der Waals surface area contributed by atoms with Crippen LogP contribution < -0.4 is 16.2 Å². The molecule has 3 amide bonds. The number of amides is 3. The lowest BCUT2D eigenvalue weighted by atomic mass is 10.3. The predicted octanol–water partition coefficient (Wildman–Crippen LogP) is 1.14. The minimum Gasteiger partial charge on any atom is -0.448 e. The summed E-state index contributed by atoms with van der Waals surface area (Å²) in [5, 5.41) is 11.3. The summed E-state index contributed by atoms with van der Waals surface area (Å²) in [4.78, 5) is 32.3. The van der Waals surface area contributed by atoms with Crippen LogP contribution in [0.3, 0.4) is 0 Å². The molecule has 0 aromatic heterocycles. The molecule has 3 N–H and O–H groups in total. The van der Waals surface area contributed by atoms with Gasteiger partial charge in [-0.05, 0) is 19.1 Å². The number of carbonyl (C=O) groups is 2. The van der Waals surface area contributed by atoms with E-state index < -0.39 is 17.0 Å². The van der Waals surface area contributed by atoms with Gasteiger partial charge in [0.2, 0.25) is 0 Å². The molecule has 9 nitrogen and oxygen atoms in total. The number of nitro groups is 1. The molecule has 0 radical (unpaired) electrons. The number of primary amides is 1. The number of hydrogen-bond acceptors (Lipinski definition) is 5. The molecule has 0 bridgehead atoms. The van der Waals surface area contributed by atoms with E-state index >= 15 is 0 Å². The molecule has 19 heavy (non-hydrogen) atoms. The van der Waals surface area contributed by atoms with Crippen molar-refractivity contribution in [2.24, 2.45) is 5.73 Å². The Morgan fingerprint density at radius 3 is 2.42 bits per heavy atom. The van der Waals surface area contributed by atoms with Gasteiger partial charge in [-0.1, -0.05) is 0 Å². The first kappa shape index (κ1) is 14.2. The number of ether oxygens (including phenoxy) is 1. The highest BCUT2D eigenvalue weighted by molar-refractivity contribution is 5.91. The number of anilines is 1. The van der Waals surface area contributed by atoms with Crippen LogP contribution in [0.5, 0.6) is 0 Å². The number of hydrogen-bond donors (Lipinski definition) is 2. The second kappa shape index (κ2) is 6.19. The van der Waals surface area contributed by atoms with E-state index in [1.54, 1.807) is 6.92 Å². The highest BCUT2D eigenvalue weighted by atomic mass is 16.6. The van der Waals surface area contributed by atoms with Gasteiger partial charge >= 0.3 is 12.1 Å². The van der Waals surface area contributed by atoms with Gasteiger partial charge in [0.25, 0.3) is 5.69 Å². The van der Waals surface area contributed by atoms with Crippen molar-refractivity contribution in [3.8, 4) is 0 Å². The third-order valence-electron chi connectivity index (χ3n) is 1.99. The van der Waals surface area contributed by atoms with Crippen LogP contribution in [0, 0.1) is 10.1 Å². The topological polar surface area (TPSA) is 128 Å². The molecule has 9 heteroatoms. The number of hydrazine groups is 1. The Bertz CT molecular complexity index is 487. The summed E-state index contributed by atoms with van der Waals surface area (Å²) in [6.45, 7) is 1.69. The summed E-state index contributed by atoms with van der Waals surface area (Å²) in [5.41, 5.74) is 7.03. The SMILES string of the molecule is CCOC(=O)N(NC(N)=O)c1ccc([N+](=O)[O-])cc1. The average Bonchev–Trinajstić information content (AvgIpc) is 2.36. The van der Waals surface area contributed by atoms with Crippen molar-refractivity contribution in [3.05, 3.63) is 34.4 Å². The molecule has 0 aliphatic rings. The van der Waals surface area contributed by atoms with Gasteiger partial charge in [0.05, 0.1) is 17.2 Å². The fourth-order valence-electron chi connectivity index (χ4n) is 1.24. The summed E-state index contributed by atoms with van der Waals surface area (Å²) in [6, 6.07) is 3.97. The number of nitrogens with zero attached hydrogens (tertiary/aromatic N) is 2. The van der Waals surface area contributed by atoms with E-state index in [2.05, 4.69) is 5.43 Å². The minimum atomic E-state index is -0.966. The first-order chi connectivity index (χ1) is 8.95. The second-order valence-electron chi connectivity index (χ2n) is 3.28. The van der Waals surface area contributed by atoms with Crippen molar-refractivity contribution in [2.45, 2.75) is 6.92 Å². The van der Waals surface area contributed by atoms with Crippen molar-refractivity contribution < 1.29 is 19.2 Å². The molecule has 102 valence electrons. The van der Waals surface area contributed by atoms with Crippen LogP contribution in [-0.4, -0.2) is 23.7 Å². The van der Waals surface area contributed by atoms with E-state index in [0.717, 1.165) is 5.01 Å². The minimum absolute atomic E-state index is 0.1000. The van der Waals surface area contributed by atoms with E-state index in [1.165, 1.54) is 24.3 Å². The predicted molar refractivity (Wildman–Crippen MR) is 65.3 cm³/mol. The molecular formula is C10H12N4O5. The van der Waals surface area contributed by atoms with E-state index in [1.807, 2.05) is 0 Å². The summed E-state index contributed by atoms with van der Waals surface area (Å²) < 4.78 is 4.72. The smallest absolute Gasteiger partial charge is 0.433 e. The summed E-state index contributed by atoms with van der Waals surface area (Å²) in [7, 11) is 0. The Labute approximate surface area is 108 Å². The van der Waals surface area contributed by atoms with Crippen LogP contribution in [0.4, 0.5) is 21.0 Å². The van der Waals surface area contributed by atoms with Gasteiger partial charge in [-0.15, -0.1) is 0 Å². The standard InChI is InChI=1S/C10H12N4O5/c1-2-19-10(16)13(12-9(11)15)7-3-5-8(6-4-7)14(17)18/h3-6H,2H2,1H3,(H3,11,12,15). The fourth-order valence-corrected chi connectivity index (χ4v) is 1.24. The largest absolute Gasteiger partial charge is 0.448 e. The lowest BCUT2D eigenvalue weighted by molar-refractivity contribution is -0.384. The maximum atomic E-state index is 11.6. The normalized spacial score (nSPS) is 9.53. The number of benzene rings is 1. The zero-order chi connectivity index (χ0) is 14.4. The molecule has 0 aliphatic carbocycles. The van der Waals surface area contributed by atoms with Crippen LogP contribution in [0.1, 0.15) is 6.92 Å². The third kappa shape index (κ3) is 3.84. The highest BCUT2D eigenvalue weighted by Crippen LogP contribution is 2.18. The molecule has 0 unspecified atom stereocenters. The van der Waals surface area contributed by atoms with Crippen molar-refractivity contribution in [1.82, 2.24) is 5.43 Å². The van der Waals surface area contributed by atoms with Crippen LogP contribution in [0.2, 0.25) is 0 Å². The van der Waals surface area contributed by atoms with E-state index in [4.69, 9.17) is 10.5 Å². The Morgan fingerprint density at radius 1 is 1.42 bits per heavy atom. The number of nitro benzene ring substituents is 1. The first-order valence-corrected chi connectivity index (χ1v) is 5.23. The Morgan fingerprint density at radius 2 is 2.00 bits per heavy atom. The van der Waals surface area contributed by atoms with Crippen molar-refractivity contribution in [1.29, 1.82) is 0 Å². The maximum Gasteiger partial charge on any atom is 0.433 e. The number of nitrogens with one attached hydrogen (secondary N) is 1. The van der Waals surface area contributed by atoms with Gasteiger partial charge in [0.1, 0.15) is 0 Å². The fraction of sp³-hybridized carbons (Fsp3) is 0.200. The second-order valence-corrected chi connectivity index (χ2v) is 3.28. The summed E-state index contributed by atoms with van der Waals surface area (Å²) in [5.74, 6) is 0. The zero-order valence-corrected chi connectivity index (χ0v) is 10.0. The molecule has 1 rings (SSSR count). The monoisotopic (exact) mass is 268 g/mol. The Balaban J connectivity index is 2.99. The summed E-state index contributed by atoms with van der Waals surface area (Å²) in [6.07, 6.45) is -0.852. The molecule has 0 aliphatic heterocycles. The van der Waals surface area contributed by atoms with Crippen molar-refractivity contribution >= 4 is 23.5 Å². The lowest BCUT2D eigenvalue weighted by Crippen LogP contribution is -2.49. The quantitative estimate of drug-likeness (QED) is 0.627. The third-order valence-corrected chi connectivity index (χ3v) is 1.99. The van der Waals surface area contributed by atoms with Crippen molar-refractivity contribution in [2.75, 3.05) is 11.6 Å². The summed E-state index contributed by atoms with van der Waals surface area (Å²) >= 11 is 0. The molecule has 0 saturated carbocycles. The number of carbonyl (C=O) groups excluding carboxylic acids is 2. The van der Waals surface area contributed by atoms with Crippen LogP contribution in [-0.2, 0) is 4.74 Å². The number of urea groups is 1. The van der Waals surface area contributed by atoms with Crippen LogP contribution in [0.25, 0.3) is 0 Å². The van der Waals surface area contributed by atoms with Gasteiger partial charge in [-0.25, -0.2) is 15.0 Å². The highest BCUT2D eigenvalue weighted by Gasteiger charge is 2.19. The van der Waals surface area contributed by atoms with Crippen molar-refractivity contribution in [3.63, 3.8) is 0 Å². The molecule has 1 aromatic carbocycles. The average molecular weight is 268 g/mol. The molecule has 0 atom stereocenters. The van der Waals surface area contributed by atoms with Gasteiger partial charge in [0, 0.05) is 12.1 Å². The number of non-ortho nitro benzene ring substituents is 1. The van der Waals surface area contributed by atoms with E-state index in [9.17, 15) is 19.7 Å². The molecule has 0 heterocycles. The van der Waals surface area contributed by atoms with E-state index in [0.29, 0.717) is 0 Å². The van der Waals surface area contributed by atoms with Gasteiger partial charge in [-0.2, -0.15) is 5.01 Å². The lowest BCUT2D eigenvalue weighted by Gasteiger charge is -2.21. The molecule has 0 spiro atoms. The first-order valence-electron chi connectivity index (χ1n) is 5.23. The Kier molecular flexibility index (Phi) is 4.63.